The first kappa shape index (κ1) is 20.0. The van der Waals surface area contributed by atoms with Crippen LogP contribution in [0.1, 0.15) is 39.5 Å². The van der Waals surface area contributed by atoms with Gasteiger partial charge in [-0.25, -0.2) is 0 Å². The summed E-state index contributed by atoms with van der Waals surface area (Å²) in [5.41, 5.74) is 8.20. The van der Waals surface area contributed by atoms with Gasteiger partial charge in [0.2, 0.25) is 0 Å². The normalized spacial score (nSPS) is 13.5. The van der Waals surface area contributed by atoms with Crippen molar-refractivity contribution >= 4 is 38.3 Å². The van der Waals surface area contributed by atoms with Crippen LogP contribution in [-0.4, -0.2) is 21.0 Å². The first-order valence-corrected chi connectivity index (χ1v) is 13.9. The summed E-state index contributed by atoms with van der Waals surface area (Å²) >= 11 is -0.00113. The molecule has 1 aromatic rings. The molecule has 0 amide bonds. The second-order valence-corrected chi connectivity index (χ2v) is 10.2. The van der Waals surface area contributed by atoms with Crippen molar-refractivity contribution in [3.63, 3.8) is 0 Å². The molecule has 1 rings (SSSR count). The summed E-state index contributed by atoms with van der Waals surface area (Å²) in [4.78, 5) is 0.597. The molecule has 1 N–H and O–H groups in total. The standard InChI is InChI=1S/C14H22NSe.2ClH.Pt/c1-3-8-13(15)14(9-4-2)16-12-10-6-5-7-11-12;;;/h5-7,10-11,13-15H,3-4,8-9H2,1-2H3;2*1H;/q;;;+2/p-2. The zero-order chi connectivity index (χ0) is 14.5. The van der Waals surface area contributed by atoms with Crippen LogP contribution in [0.25, 0.3) is 5.73 Å². The minimum absolute atomic E-state index is 0.144. The number of halogens is 2. The summed E-state index contributed by atoms with van der Waals surface area (Å²) < 4.78 is 1.45. The molecule has 5 heteroatoms. The molecule has 2 atom stereocenters. The van der Waals surface area contributed by atoms with Crippen LogP contribution < -0.4 is 4.46 Å². The fourth-order valence-corrected chi connectivity index (χ4v) is 4.56. The van der Waals surface area contributed by atoms with Crippen molar-refractivity contribution in [2.45, 2.75) is 50.4 Å². The summed E-state index contributed by atoms with van der Waals surface area (Å²) in [6.45, 7) is 4.41. The van der Waals surface area contributed by atoms with Gasteiger partial charge in [0.1, 0.15) is 0 Å². The predicted molar refractivity (Wildman–Crippen MR) is 85.2 cm³/mol. The SMILES string of the molecule is CCCC([NH-])C(CCC)[Se+]c1ccccc1.[Cl][Pt][Cl]. The molecule has 0 saturated carbocycles. The Morgan fingerprint density at radius 2 is 1.63 bits per heavy atom. The van der Waals surface area contributed by atoms with E-state index >= 15 is 0 Å². The minimum atomic E-state index is -0.472. The van der Waals surface area contributed by atoms with Gasteiger partial charge >= 0.3 is 141 Å². The molecule has 1 nitrogen and oxygen atoms in total. The molecule has 0 aliphatic rings. The maximum atomic E-state index is 8.20. The topological polar surface area (TPSA) is 23.8 Å². The van der Waals surface area contributed by atoms with E-state index in [-0.39, 0.29) is 6.04 Å². The maximum absolute atomic E-state index is 8.20. The summed E-state index contributed by atoms with van der Waals surface area (Å²) in [6.07, 6.45) is 4.61. The number of benzene rings is 1. The number of rotatable bonds is 7. The molecule has 2 unspecified atom stereocenters. The molecule has 0 fully saturated rings. The van der Waals surface area contributed by atoms with Crippen molar-refractivity contribution in [1.29, 1.82) is 0 Å². The van der Waals surface area contributed by atoms with Gasteiger partial charge in [-0.3, -0.25) is 0 Å². The van der Waals surface area contributed by atoms with E-state index in [0.29, 0.717) is 19.8 Å². The molecule has 0 aliphatic heterocycles. The molecule has 1 radical (unpaired) electrons. The van der Waals surface area contributed by atoms with E-state index in [4.69, 9.17) is 24.6 Å². The van der Waals surface area contributed by atoms with Crippen molar-refractivity contribution in [2.75, 3.05) is 0 Å². The van der Waals surface area contributed by atoms with Crippen LogP contribution >= 0.6 is 18.8 Å². The number of hydrogen-bond acceptors (Lipinski definition) is 0. The molecule has 0 bridgehead atoms. The van der Waals surface area contributed by atoms with Gasteiger partial charge < -0.3 is 0 Å². The van der Waals surface area contributed by atoms with E-state index in [0.717, 1.165) is 12.8 Å². The van der Waals surface area contributed by atoms with Gasteiger partial charge in [-0.1, -0.05) is 0 Å². The van der Waals surface area contributed by atoms with E-state index < -0.39 is 16.5 Å². The summed E-state index contributed by atoms with van der Waals surface area (Å²) in [5, 5.41) is 0. The van der Waals surface area contributed by atoms with Crippen LogP contribution in [0.4, 0.5) is 0 Å². The number of hydrogen-bond donors (Lipinski definition) is 0. The van der Waals surface area contributed by atoms with Gasteiger partial charge in [0, 0.05) is 0 Å². The summed E-state index contributed by atoms with van der Waals surface area (Å²) in [7, 11) is 9.75. The van der Waals surface area contributed by atoms with E-state index in [1.807, 2.05) is 0 Å². The Balaban J connectivity index is 0.000000982. The molecule has 0 spiro atoms. The first-order valence-electron chi connectivity index (χ1n) is 6.44. The quantitative estimate of drug-likeness (QED) is 0.418. The molecule has 0 aliphatic carbocycles. The fraction of sp³-hybridized carbons (Fsp3) is 0.571. The molecular weight excluding hydrogens is 527 g/mol. The second kappa shape index (κ2) is 13.9. The van der Waals surface area contributed by atoms with Crippen molar-refractivity contribution in [2.24, 2.45) is 0 Å². The van der Waals surface area contributed by atoms with Crippen LogP contribution in [0.2, 0.25) is 4.82 Å². The van der Waals surface area contributed by atoms with Crippen molar-refractivity contribution < 1.29 is 16.5 Å². The van der Waals surface area contributed by atoms with E-state index in [1.165, 1.54) is 17.3 Å². The first-order chi connectivity index (χ1) is 9.19. The van der Waals surface area contributed by atoms with Crippen LogP contribution in [0.5, 0.6) is 0 Å². The zero-order valence-corrected chi connectivity index (χ0v) is 16.8. The fourth-order valence-electron chi connectivity index (χ4n) is 1.80. The summed E-state index contributed by atoms with van der Waals surface area (Å²) in [5.74, 6) is 0. The average molecular weight is 549 g/mol. The van der Waals surface area contributed by atoms with Gasteiger partial charge in [0.25, 0.3) is 0 Å². The molecule has 113 valence electrons. The van der Waals surface area contributed by atoms with E-state index in [9.17, 15) is 0 Å². The van der Waals surface area contributed by atoms with Crippen LogP contribution in [0, 0.1) is 0 Å². The third kappa shape index (κ3) is 10.4. The van der Waals surface area contributed by atoms with Crippen molar-refractivity contribution in [3.8, 4) is 0 Å². The van der Waals surface area contributed by atoms with Gasteiger partial charge in [-0.05, 0) is 0 Å². The van der Waals surface area contributed by atoms with Crippen LogP contribution in [0.3, 0.4) is 0 Å². The predicted octanol–water partition coefficient (Wildman–Crippen LogP) is 5.20. The van der Waals surface area contributed by atoms with Gasteiger partial charge in [0.05, 0.1) is 0 Å². The molecular formula is C14H22Cl2NPtSe. The molecule has 19 heavy (non-hydrogen) atoms. The molecule has 0 aromatic heterocycles. The van der Waals surface area contributed by atoms with Crippen molar-refractivity contribution in [1.82, 2.24) is 0 Å². The Labute approximate surface area is 140 Å². The summed E-state index contributed by atoms with van der Waals surface area (Å²) in [6, 6.07) is 10.9. The van der Waals surface area contributed by atoms with Gasteiger partial charge in [-0.15, -0.1) is 0 Å². The molecule has 0 saturated heterocycles. The van der Waals surface area contributed by atoms with Crippen LogP contribution in [-0.2, 0) is 16.5 Å². The Bertz CT molecular complexity index is 301. The zero-order valence-electron chi connectivity index (χ0n) is 11.4. The van der Waals surface area contributed by atoms with E-state index in [2.05, 4.69) is 44.2 Å². The Hall–Kier alpha value is 0.968. The Kier molecular flexibility index (Phi) is 14.6. The second-order valence-electron chi connectivity index (χ2n) is 4.20. The average Bonchev–Trinajstić information content (AvgIpc) is 2.40. The third-order valence-corrected chi connectivity index (χ3v) is 5.61. The Morgan fingerprint density at radius 3 is 2.11 bits per heavy atom. The monoisotopic (exact) mass is 549 g/mol. The van der Waals surface area contributed by atoms with Crippen molar-refractivity contribution in [3.05, 3.63) is 36.1 Å². The van der Waals surface area contributed by atoms with Crippen LogP contribution in [0.15, 0.2) is 30.3 Å². The molecule has 0 heterocycles. The number of nitrogens with one attached hydrogen (secondary N) is 1. The van der Waals surface area contributed by atoms with Gasteiger partial charge in [0.15, 0.2) is 0 Å². The van der Waals surface area contributed by atoms with Gasteiger partial charge in [-0.2, -0.15) is 0 Å². The van der Waals surface area contributed by atoms with E-state index in [1.54, 1.807) is 0 Å². The Morgan fingerprint density at radius 1 is 1.11 bits per heavy atom. The molecule has 1 aromatic carbocycles. The third-order valence-electron chi connectivity index (χ3n) is 2.65.